The van der Waals surface area contributed by atoms with Gasteiger partial charge in [-0.1, -0.05) is 6.92 Å². The van der Waals surface area contributed by atoms with Crippen molar-refractivity contribution in [2.24, 2.45) is 5.41 Å². The van der Waals surface area contributed by atoms with Crippen LogP contribution in [0.5, 0.6) is 0 Å². The Labute approximate surface area is 101 Å². The van der Waals surface area contributed by atoms with E-state index >= 15 is 0 Å². The monoisotopic (exact) mass is 234 g/mol. The molecular formula is C12H18N4O. The van der Waals surface area contributed by atoms with Crippen molar-refractivity contribution in [3.8, 4) is 0 Å². The maximum Gasteiger partial charge on any atom is 0.273 e. The minimum atomic E-state index is -0.127. The average Bonchev–Trinajstić information content (AvgIpc) is 3.05. The second-order valence-electron chi connectivity index (χ2n) is 5.17. The number of carbonyl (C=O) groups is 1. The lowest BCUT2D eigenvalue weighted by Gasteiger charge is -2.11. The van der Waals surface area contributed by atoms with E-state index in [2.05, 4.69) is 22.4 Å². The smallest absolute Gasteiger partial charge is 0.273 e. The highest BCUT2D eigenvalue weighted by Gasteiger charge is 2.36. The molecule has 1 fully saturated rings. The van der Waals surface area contributed by atoms with Crippen LogP contribution >= 0.6 is 0 Å². The van der Waals surface area contributed by atoms with Crippen molar-refractivity contribution in [1.29, 1.82) is 0 Å². The number of hydrogen-bond acceptors (Lipinski definition) is 4. The van der Waals surface area contributed by atoms with Crippen LogP contribution in [0.25, 0.3) is 0 Å². The quantitative estimate of drug-likeness (QED) is 0.855. The Morgan fingerprint density at radius 1 is 1.41 bits per heavy atom. The summed E-state index contributed by atoms with van der Waals surface area (Å²) in [6, 6.07) is 3.50. The minimum absolute atomic E-state index is 0.127. The first kappa shape index (κ1) is 11.8. The molecule has 17 heavy (non-hydrogen) atoms. The molecule has 0 radical (unpaired) electrons. The van der Waals surface area contributed by atoms with Crippen LogP contribution in [-0.2, 0) is 0 Å². The molecule has 1 amide bonds. The molecule has 0 unspecified atom stereocenters. The van der Waals surface area contributed by atoms with Gasteiger partial charge in [0.15, 0.2) is 5.69 Å². The molecule has 1 aromatic heterocycles. The van der Waals surface area contributed by atoms with Gasteiger partial charge in [-0.2, -0.15) is 0 Å². The zero-order chi connectivity index (χ0) is 12.5. The molecule has 1 aromatic rings. The van der Waals surface area contributed by atoms with E-state index in [9.17, 15) is 4.79 Å². The predicted octanol–water partition coefficient (Wildman–Crippen LogP) is 1.39. The van der Waals surface area contributed by atoms with Crippen LogP contribution in [0.4, 0.5) is 5.82 Å². The van der Waals surface area contributed by atoms with Gasteiger partial charge in [0.2, 0.25) is 0 Å². The number of anilines is 1. The maximum atomic E-state index is 11.6. The first-order valence-corrected chi connectivity index (χ1v) is 5.79. The summed E-state index contributed by atoms with van der Waals surface area (Å²) in [4.78, 5) is 13.1. The number of nitrogens with zero attached hydrogens (tertiary/aromatic N) is 3. The standard InChI is InChI=1S/C12H18N4O/c1-12(6-7-12)8-13-10-5-4-9(14-15-10)11(17)16(2)3/h4-5H,6-8H2,1-3H3,(H,13,15). The largest absolute Gasteiger partial charge is 0.368 e. The van der Waals surface area contributed by atoms with Gasteiger partial charge in [0.05, 0.1) is 0 Å². The van der Waals surface area contributed by atoms with E-state index in [-0.39, 0.29) is 5.91 Å². The lowest BCUT2D eigenvalue weighted by atomic mass is 10.1. The summed E-state index contributed by atoms with van der Waals surface area (Å²) in [5.41, 5.74) is 0.804. The molecule has 0 aromatic carbocycles. The van der Waals surface area contributed by atoms with Crippen LogP contribution in [0.2, 0.25) is 0 Å². The summed E-state index contributed by atoms with van der Waals surface area (Å²) in [6.45, 7) is 3.17. The lowest BCUT2D eigenvalue weighted by molar-refractivity contribution is 0.0821. The van der Waals surface area contributed by atoms with Gasteiger partial charge < -0.3 is 10.2 Å². The van der Waals surface area contributed by atoms with E-state index in [1.54, 1.807) is 26.2 Å². The molecule has 0 atom stereocenters. The molecule has 1 heterocycles. The summed E-state index contributed by atoms with van der Waals surface area (Å²) >= 11 is 0. The third-order valence-electron chi connectivity index (χ3n) is 3.09. The van der Waals surface area contributed by atoms with E-state index in [0.717, 1.165) is 12.4 Å². The molecule has 0 spiro atoms. The Balaban J connectivity index is 1.95. The molecule has 0 aliphatic heterocycles. The number of aromatic nitrogens is 2. The Hall–Kier alpha value is -1.65. The van der Waals surface area contributed by atoms with Crippen molar-refractivity contribution in [3.63, 3.8) is 0 Å². The topological polar surface area (TPSA) is 58.1 Å². The Morgan fingerprint density at radius 3 is 2.59 bits per heavy atom. The highest BCUT2D eigenvalue weighted by atomic mass is 16.2. The molecule has 2 rings (SSSR count). The van der Waals surface area contributed by atoms with E-state index in [0.29, 0.717) is 11.1 Å². The second-order valence-corrected chi connectivity index (χ2v) is 5.17. The first-order valence-electron chi connectivity index (χ1n) is 5.79. The Kier molecular flexibility index (Phi) is 3.00. The highest BCUT2D eigenvalue weighted by Crippen LogP contribution is 2.44. The summed E-state index contributed by atoms with van der Waals surface area (Å²) in [5.74, 6) is 0.603. The summed E-state index contributed by atoms with van der Waals surface area (Å²) in [6.07, 6.45) is 2.54. The van der Waals surface area contributed by atoms with Gasteiger partial charge in [0.25, 0.3) is 5.91 Å². The van der Waals surface area contributed by atoms with Crippen LogP contribution in [-0.4, -0.2) is 41.6 Å². The van der Waals surface area contributed by atoms with Gasteiger partial charge in [-0.25, -0.2) is 0 Å². The van der Waals surface area contributed by atoms with Crippen molar-refractivity contribution in [2.45, 2.75) is 19.8 Å². The maximum absolute atomic E-state index is 11.6. The van der Waals surface area contributed by atoms with Crippen molar-refractivity contribution in [3.05, 3.63) is 17.8 Å². The van der Waals surface area contributed by atoms with Crippen molar-refractivity contribution >= 4 is 11.7 Å². The second kappa shape index (κ2) is 4.31. The Bertz CT molecular complexity index is 409. The predicted molar refractivity (Wildman–Crippen MR) is 65.9 cm³/mol. The van der Waals surface area contributed by atoms with Crippen LogP contribution in [0, 0.1) is 5.41 Å². The summed E-state index contributed by atoms with van der Waals surface area (Å²) < 4.78 is 0. The number of hydrogen-bond donors (Lipinski definition) is 1. The lowest BCUT2D eigenvalue weighted by Crippen LogP contribution is -2.23. The summed E-state index contributed by atoms with van der Waals surface area (Å²) in [5, 5.41) is 11.2. The average molecular weight is 234 g/mol. The van der Waals surface area contributed by atoms with Gasteiger partial charge >= 0.3 is 0 Å². The fraction of sp³-hybridized carbons (Fsp3) is 0.583. The SMILES string of the molecule is CN(C)C(=O)c1ccc(NCC2(C)CC2)nn1. The number of nitrogens with one attached hydrogen (secondary N) is 1. The fourth-order valence-corrected chi connectivity index (χ4v) is 1.46. The van der Waals surface area contributed by atoms with E-state index in [1.165, 1.54) is 17.7 Å². The van der Waals surface area contributed by atoms with Gasteiger partial charge in [-0.05, 0) is 30.4 Å². The molecule has 5 heteroatoms. The molecule has 5 nitrogen and oxygen atoms in total. The minimum Gasteiger partial charge on any atom is -0.368 e. The zero-order valence-corrected chi connectivity index (χ0v) is 10.5. The van der Waals surface area contributed by atoms with E-state index < -0.39 is 0 Å². The summed E-state index contributed by atoms with van der Waals surface area (Å²) in [7, 11) is 3.40. The third kappa shape index (κ3) is 2.93. The molecule has 0 bridgehead atoms. The Morgan fingerprint density at radius 2 is 2.12 bits per heavy atom. The molecular weight excluding hydrogens is 216 g/mol. The van der Waals surface area contributed by atoms with E-state index in [1.807, 2.05) is 0 Å². The van der Waals surface area contributed by atoms with Gasteiger partial charge in [0, 0.05) is 20.6 Å². The molecule has 1 saturated carbocycles. The third-order valence-corrected chi connectivity index (χ3v) is 3.09. The van der Waals surface area contributed by atoms with Crippen LogP contribution in [0.3, 0.4) is 0 Å². The van der Waals surface area contributed by atoms with Gasteiger partial charge in [-0.3, -0.25) is 4.79 Å². The highest BCUT2D eigenvalue weighted by molar-refractivity contribution is 5.91. The molecule has 1 N–H and O–H groups in total. The van der Waals surface area contributed by atoms with Crippen molar-refractivity contribution < 1.29 is 4.79 Å². The van der Waals surface area contributed by atoms with Crippen molar-refractivity contribution in [2.75, 3.05) is 26.0 Å². The van der Waals surface area contributed by atoms with Crippen LogP contribution < -0.4 is 5.32 Å². The van der Waals surface area contributed by atoms with Gasteiger partial charge in [-0.15, -0.1) is 10.2 Å². The first-order chi connectivity index (χ1) is 8.00. The number of amides is 1. The number of carbonyl (C=O) groups excluding carboxylic acids is 1. The van der Waals surface area contributed by atoms with Crippen LogP contribution in [0.15, 0.2) is 12.1 Å². The van der Waals surface area contributed by atoms with Gasteiger partial charge in [0.1, 0.15) is 5.82 Å². The molecule has 1 aliphatic rings. The van der Waals surface area contributed by atoms with Crippen molar-refractivity contribution in [1.82, 2.24) is 15.1 Å². The molecule has 0 saturated heterocycles. The number of rotatable bonds is 4. The normalized spacial score (nSPS) is 16.4. The van der Waals surface area contributed by atoms with Crippen LogP contribution in [0.1, 0.15) is 30.3 Å². The zero-order valence-electron chi connectivity index (χ0n) is 10.5. The fourth-order valence-electron chi connectivity index (χ4n) is 1.46. The van der Waals surface area contributed by atoms with E-state index in [4.69, 9.17) is 0 Å². The molecule has 92 valence electrons. The molecule has 1 aliphatic carbocycles.